The lowest BCUT2D eigenvalue weighted by atomic mass is 10.1. The molecule has 1 saturated heterocycles. The van der Waals surface area contributed by atoms with Gasteiger partial charge >= 0.3 is 12.0 Å². The van der Waals surface area contributed by atoms with Crippen LogP contribution in [-0.4, -0.2) is 36.0 Å². The number of imide groups is 2. The fourth-order valence-electron chi connectivity index (χ4n) is 2.62. The minimum Gasteiger partial charge on any atom is -0.496 e. The minimum absolute atomic E-state index is 0.0101. The van der Waals surface area contributed by atoms with E-state index in [1.54, 1.807) is 12.1 Å². The molecule has 0 bridgehead atoms. The molecule has 0 atom stereocenters. The van der Waals surface area contributed by atoms with Crippen molar-refractivity contribution in [1.82, 2.24) is 5.32 Å². The average molecular weight is 401 g/mol. The van der Waals surface area contributed by atoms with Crippen LogP contribution in [0.1, 0.15) is 15.9 Å². The molecule has 8 nitrogen and oxygen atoms in total. The fraction of sp³-hybridized carbons (Fsp3) is 0.0526. The molecule has 28 heavy (non-hydrogen) atoms. The van der Waals surface area contributed by atoms with Gasteiger partial charge in [0.05, 0.1) is 18.4 Å². The summed E-state index contributed by atoms with van der Waals surface area (Å²) in [5.74, 6) is -2.49. The molecular weight excluding hydrogens is 388 g/mol. The van der Waals surface area contributed by atoms with E-state index in [4.69, 9.17) is 21.4 Å². The number of carboxylic acids is 1. The molecule has 2 aromatic rings. The fourth-order valence-corrected chi connectivity index (χ4v) is 2.80. The molecule has 1 aliphatic heterocycles. The Labute approximate surface area is 164 Å². The predicted molar refractivity (Wildman–Crippen MR) is 100 cm³/mol. The molecule has 4 amide bonds. The summed E-state index contributed by atoms with van der Waals surface area (Å²) >= 11 is 5.97. The number of aromatic carboxylic acids is 1. The topological polar surface area (TPSA) is 113 Å². The van der Waals surface area contributed by atoms with Gasteiger partial charge in [-0.3, -0.25) is 14.9 Å². The Kier molecular flexibility index (Phi) is 5.14. The summed E-state index contributed by atoms with van der Waals surface area (Å²) in [6.07, 6.45) is 1.27. The highest BCUT2D eigenvalue weighted by Crippen LogP contribution is 2.27. The third kappa shape index (κ3) is 3.58. The summed E-state index contributed by atoms with van der Waals surface area (Å²) in [4.78, 5) is 49.0. The highest BCUT2D eigenvalue weighted by molar-refractivity contribution is 6.39. The number of nitrogens with zero attached hydrogens (tertiary/aromatic N) is 1. The zero-order valence-corrected chi connectivity index (χ0v) is 15.2. The number of barbiturate groups is 1. The van der Waals surface area contributed by atoms with E-state index in [2.05, 4.69) is 5.32 Å². The Balaban J connectivity index is 2.03. The van der Waals surface area contributed by atoms with Crippen molar-refractivity contribution in [3.05, 3.63) is 64.2 Å². The van der Waals surface area contributed by atoms with Gasteiger partial charge in [0.15, 0.2) is 0 Å². The van der Waals surface area contributed by atoms with Crippen LogP contribution in [0.25, 0.3) is 6.08 Å². The van der Waals surface area contributed by atoms with Gasteiger partial charge in [-0.15, -0.1) is 0 Å². The Bertz CT molecular complexity index is 1030. The quantitative estimate of drug-likeness (QED) is 0.602. The Morgan fingerprint density at radius 1 is 1.14 bits per heavy atom. The minimum atomic E-state index is -1.15. The van der Waals surface area contributed by atoms with Crippen LogP contribution in [0.5, 0.6) is 5.75 Å². The number of ether oxygens (including phenoxy) is 1. The largest absolute Gasteiger partial charge is 0.496 e. The lowest BCUT2D eigenvalue weighted by Gasteiger charge is -2.26. The molecule has 0 unspecified atom stereocenters. The maximum absolute atomic E-state index is 12.8. The molecule has 2 N–H and O–H groups in total. The number of amides is 4. The van der Waals surface area contributed by atoms with Gasteiger partial charge in [0.1, 0.15) is 11.3 Å². The Hall–Kier alpha value is -3.65. The Morgan fingerprint density at radius 2 is 1.82 bits per heavy atom. The molecule has 0 spiro atoms. The SMILES string of the molecule is COc1ccc(Cl)cc1/C=C1/C(=O)NC(=O)N(c2ccc(C(=O)O)cc2)C1=O. The smallest absolute Gasteiger partial charge is 0.335 e. The van der Waals surface area contributed by atoms with Gasteiger partial charge < -0.3 is 9.84 Å². The second kappa shape index (κ2) is 7.53. The van der Waals surface area contributed by atoms with Gasteiger partial charge in [-0.1, -0.05) is 11.6 Å². The van der Waals surface area contributed by atoms with Crippen molar-refractivity contribution in [2.45, 2.75) is 0 Å². The van der Waals surface area contributed by atoms with Crippen LogP contribution in [0, 0.1) is 0 Å². The first kappa shape index (κ1) is 19.1. The molecule has 0 saturated carbocycles. The van der Waals surface area contributed by atoms with Gasteiger partial charge in [0.2, 0.25) is 0 Å². The number of methoxy groups -OCH3 is 1. The van der Waals surface area contributed by atoms with Gasteiger partial charge in [0.25, 0.3) is 11.8 Å². The molecule has 142 valence electrons. The molecule has 2 aromatic carbocycles. The highest BCUT2D eigenvalue weighted by atomic mass is 35.5. The first-order chi connectivity index (χ1) is 13.3. The second-order valence-corrected chi connectivity index (χ2v) is 6.13. The number of anilines is 1. The molecule has 9 heteroatoms. The van der Waals surface area contributed by atoms with E-state index in [1.165, 1.54) is 43.5 Å². The number of halogens is 1. The monoisotopic (exact) mass is 400 g/mol. The maximum atomic E-state index is 12.8. The number of hydrogen-bond donors (Lipinski definition) is 2. The van der Waals surface area contributed by atoms with E-state index in [9.17, 15) is 19.2 Å². The van der Waals surface area contributed by atoms with Crippen molar-refractivity contribution in [2.75, 3.05) is 12.0 Å². The van der Waals surface area contributed by atoms with Crippen LogP contribution in [0.4, 0.5) is 10.5 Å². The normalized spacial score (nSPS) is 15.6. The van der Waals surface area contributed by atoms with E-state index in [-0.39, 0.29) is 16.8 Å². The first-order valence-electron chi connectivity index (χ1n) is 7.90. The highest BCUT2D eigenvalue weighted by Gasteiger charge is 2.37. The molecule has 1 fully saturated rings. The number of carboxylic acid groups (broad SMARTS) is 1. The molecule has 1 aliphatic rings. The van der Waals surface area contributed by atoms with Crippen molar-refractivity contribution in [1.29, 1.82) is 0 Å². The molecule has 0 aromatic heterocycles. The summed E-state index contributed by atoms with van der Waals surface area (Å²) in [7, 11) is 1.42. The van der Waals surface area contributed by atoms with Crippen LogP contribution in [-0.2, 0) is 9.59 Å². The Morgan fingerprint density at radius 3 is 2.43 bits per heavy atom. The van der Waals surface area contributed by atoms with Crippen molar-refractivity contribution < 1.29 is 29.0 Å². The lowest BCUT2D eigenvalue weighted by Crippen LogP contribution is -2.54. The first-order valence-corrected chi connectivity index (χ1v) is 8.28. The van der Waals surface area contributed by atoms with Crippen LogP contribution < -0.4 is 15.0 Å². The number of hydrogen-bond acceptors (Lipinski definition) is 5. The standard InChI is InChI=1S/C19H13ClN2O6/c1-28-15-7-4-12(20)8-11(15)9-14-16(23)21-19(27)22(17(14)24)13-5-2-10(3-6-13)18(25)26/h2-9H,1H3,(H,25,26)(H,21,23,27)/b14-9-. The van der Waals surface area contributed by atoms with Crippen LogP contribution in [0.15, 0.2) is 48.0 Å². The zero-order chi connectivity index (χ0) is 20.4. The summed E-state index contributed by atoms with van der Waals surface area (Å²) in [5.41, 5.74) is 0.180. The second-order valence-electron chi connectivity index (χ2n) is 5.70. The lowest BCUT2D eigenvalue weighted by molar-refractivity contribution is -0.122. The molecule has 0 aliphatic carbocycles. The van der Waals surface area contributed by atoms with Crippen LogP contribution in [0.2, 0.25) is 5.02 Å². The third-order valence-electron chi connectivity index (χ3n) is 3.97. The van der Waals surface area contributed by atoms with Crippen LogP contribution in [0.3, 0.4) is 0 Å². The number of rotatable bonds is 4. The summed E-state index contributed by atoms with van der Waals surface area (Å²) in [5, 5.41) is 11.4. The van der Waals surface area contributed by atoms with E-state index in [0.717, 1.165) is 4.90 Å². The maximum Gasteiger partial charge on any atom is 0.335 e. The number of urea groups is 1. The van der Waals surface area contributed by atoms with Crippen molar-refractivity contribution in [3.8, 4) is 5.75 Å². The van der Waals surface area contributed by atoms with E-state index in [0.29, 0.717) is 16.3 Å². The number of nitrogens with one attached hydrogen (secondary N) is 1. The van der Waals surface area contributed by atoms with Crippen molar-refractivity contribution in [2.24, 2.45) is 0 Å². The summed E-state index contributed by atoms with van der Waals surface area (Å²) in [6.45, 7) is 0. The molecule has 3 rings (SSSR count). The van der Waals surface area contributed by atoms with E-state index < -0.39 is 23.8 Å². The molecule has 1 heterocycles. The van der Waals surface area contributed by atoms with Gasteiger partial charge in [-0.05, 0) is 48.5 Å². The van der Waals surface area contributed by atoms with Crippen LogP contribution >= 0.6 is 11.6 Å². The molecular formula is C19H13ClN2O6. The predicted octanol–water partition coefficient (Wildman–Crippen LogP) is 2.71. The van der Waals surface area contributed by atoms with Crippen molar-refractivity contribution in [3.63, 3.8) is 0 Å². The van der Waals surface area contributed by atoms with Crippen molar-refractivity contribution >= 4 is 47.2 Å². The van der Waals surface area contributed by atoms with E-state index >= 15 is 0 Å². The number of carbonyl (C=O) groups is 4. The number of carbonyl (C=O) groups excluding carboxylic acids is 3. The summed E-state index contributed by atoms with van der Waals surface area (Å²) < 4.78 is 5.20. The summed E-state index contributed by atoms with van der Waals surface area (Å²) in [6, 6.07) is 8.83. The average Bonchev–Trinajstić information content (AvgIpc) is 2.65. The van der Waals surface area contributed by atoms with Gasteiger partial charge in [-0.25, -0.2) is 14.5 Å². The zero-order valence-electron chi connectivity index (χ0n) is 14.4. The molecule has 0 radical (unpaired) electrons. The third-order valence-corrected chi connectivity index (χ3v) is 4.20. The number of benzene rings is 2. The van der Waals surface area contributed by atoms with E-state index in [1.807, 2.05) is 0 Å². The van der Waals surface area contributed by atoms with Gasteiger partial charge in [-0.2, -0.15) is 0 Å². The van der Waals surface area contributed by atoms with Gasteiger partial charge in [0, 0.05) is 10.6 Å².